The van der Waals surface area contributed by atoms with E-state index in [4.69, 9.17) is 0 Å². The Kier molecular flexibility index (Phi) is 5.39. The van der Waals surface area contributed by atoms with Crippen LogP contribution in [0.25, 0.3) is 11.3 Å². The molecule has 0 spiro atoms. The molecule has 122 valence electrons. The van der Waals surface area contributed by atoms with E-state index < -0.39 is 0 Å². The van der Waals surface area contributed by atoms with Gasteiger partial charge in [-0.1, -0.05) is 25.7 Å². The summed E-state index contributed by atoms with van der Waals surface area (Å²) in [5.41, 5.74) is 2.00. The number of aromatic nitrogens is 2. The van der Waals surface area contributed by atoms with Gasteiger partial charge in [-0.15, -0.1) is 11.3 Å². The zero-order valence-corrected chi connectivity index (χ0v) is 14.3. The van der Waals surface area contributed by atoms with Crippen molar-refractivity contribution in [2.24, 2.45) is 5.92 Å². The monoisotopic (exact) mass is 329 g/mol. The molecule has 2 aromatic heterocycles. The van der Waals surface area contributed by atoms with Crippen molar-refractivity contribution in [3.05, 3.63) is 34.9 Å². The molecule has 3 rings (SSSR count). The topological polar surface area (TPSA) is 54.9 Å². The lowest BCUT2D eigenvalue weighted by atomic mass is 10.0. The SMILES string of the molecule is CC(NC(=O)CCC1CCCC1)c1nc(-c2ccncc2)cs1. The van der Waals surface area contributed by atoms with Gasteiger partial charge in [-0.05, 0) is 31.4 Å². The fraction of sp³-hybridized carbons (Fsp3) is 0.500. The van der Waals surface area contributed by atoms with Gasteiger partial charge in [-0.3, -0.25) is 9.78 Å². The molecule has 1 unspecified atom stereocenters. The van der Waals surface area contributed by atoms with Crippen LogP contribution in [0.3, 0.4) is 0 Å². The number of hydrogen-bond donors (Lipinski definition) is 1. The van der Waals surface area contributed by atoms with Crippen LogP contribution < -0.4 is 5.32 Å². The molecule has 1 saturated carbocycles. The second-order valence-corrected chi connectivity index (χ2v) is 7.17. The fourth-order valence-electron chi connectivity index (χ4n) is 3.15. The van der Waals surface area contributed by atoms with Gasteiger partial charge >= 0.3 is 0 Å². The van der Waals surface area contributed by atoms with Crippen LogP contribution in [-0.4, -0.2) is 15.9 Å². The largest absolute Gasteiger partial charge is 0.347 e. The molecule has 0 saturated heterocycles. The third kappa shape index (κ3) is 4.38. The first-order valence-electron chi connectivity index (χ1n) is 8.37. The highest BCUT2D eigenvalue weighted by Gasteiger charge is 2.18. The van der Waals surface area contributed by atoms with Gasteiger partial charge in [-0.25, -0.2) is 4.98 Å². The van der Waals surface area contributed by atoms with Crippen molar-refractivity contribution < 1.29 is 4.79 Å². The number of carbonyl (C=O) groups is 1. The van der Waals surface area contributed by atoms with Crippen LogP contribution in [0, 0.1) is 5.92 Å². The summed E-state index contributed by atoms with van der Waals surface area (Å²) in [6, 6.07) is 3.86. The first kappa shape index (κ1) is 16.1. The molecule has 1 amide bonds. The normalized spacial score (nSPS) is 16.4. The van der Waals surface area contributed by atoms with Crippen LogP contribution in [0.2, 0.25) is 0 Å². The summed E-state index contributed by atoms with van der Waals surface area (Å²) in [6.45, 7) is 2.00. The lowest BCUT2D eigenvalue weighted by Gasteiger charge is -2.13. The van der Waals surface area contributed by atoms with E-state index in [1.807, 2.05) is 24.4 Å². The van der Waals surface area contributed by atoms with Gasteiger partial charge in [0.05, 0.1) is 11.7 Å². The minimum Gasteiger partial charge on any atom is -0.347 e. The van der Waals surface area contributed by atoms with Crippen molar-refractivity contribution in [1.29, 1.82) is 0 Å². The molecule has 0 aliphatic heterocycles. The molecule has 0 radical (unpaired) electrons. The molecular formula is C18H23N3OS. The van der Waals surface area contributed by atoms with Gasteiger partial charge in [-0.2, -0.15) is 0 Å². The van der Waals surface area contributed by atoms with Gasteiger partial charge in [0.1, 0.15) is 5.01 Å². The van der Waals surface area contributed by atoms with Gasteiger partial charge < -0.3 is 5.32 Å². The maximum atomic E-state index is 12.1. The van der Waals surface area contributed by atoms with Gasteiger partial charge in [0, 0.05) is 29.8 Å². The summed E-state index contributed by atoms with van der Waals surface area (Å²) in [6.07, 6.45) is 10.5. The Balaban J connectivity index is 1.52. The van der Waals surface area contributed by atoms with Crippen molar-refractivity contribution in [2.45, 2.75) is 51.5 Å². The predicted molar refractivity (Wildman–Crippen MR) is 93.1 cm³/mol. The first-order chi connectivity index (χ1) is 11.2. The molecule has 0 bridgehead atoms. The van der Waals surface area contributed by atoms with Crippen LogP contribution >= 0.6 is 11.3 Å². The van der Waals surface area contributed by atoms with Crippen molar-refractivity contribution in [2.75, 3.05) is 0 Å². The number of carbonyl (C=O) groups excluding carboxylic acids is 1. The minimum absolute atomic E-state index is 0.0355. The Morgan fingerprint density at radius 3 is 2.83 bits per heavy atom. The third-order valence-electron chi connectivity index (χ3n) is 4.50. The lowest BCUT2D eigenvalue weighted by Crippen LogP contribution is -2.26. The molecule has 1 N–H and O–H groups in total. The molecule has 0 aromatic carbocycles. The van der Waals surface area contributed by atoms with E-state index in [-0.39, 0.29) is 11.9 Å². The van der Waals surface area contributed by atoms with E-state index in [1.165, 1.54) is 25.7 Å². The molecule has 1 fully saturated rings. The first-order valence-corrected chi connectivity index (χ1v) is 9.25. The number of nitrogens with one attached hydrogen (secondary N) is 1. The highest BCUT2D eigenvalue weighted by molar-refractivity contribution is 7.10. The molecule has 23 heavy (non-hydrogen) atoms. The quantitative estimate of drug-likeness (QED) is 0.857. The van der Waals surface area contributed by atoms with Gasteiger partial charge in [0.2, 0.25) is 5.91 Å². The van der Waals surface area contributed by atoms with E-state index in [2.05, 4.69) is 15.3 Å². The Bertz CT molecular complexity index is 635. The van der Waals surface area contributed by atoms with Crippen LogP contribution in [0.1, 0.15) is 56.5 Å². The number of thiazole rings is 1. The average molecular weight is 329 g/mol. The highest BCUT2D eigenvalue weighted by Crippen LogP contribution is 2.29. The molecule has 2 aromatic rings. The number of nitrogens with zero attached hydrogens (tertiary/aromatic N) is 2. The van der Waals surface area contributed by atoms with Crippen LogP contribution in [0.15, 0.2) is 29.9 Å². The second-order valence-electron chi connectivity index (χ2n) is 6.29. The zero-order chi connectivity index (χ0) is 16.1. The molecule has 1 aliphatic carbocycles. The number of amides is 1. The maximum Gasteiger partial charge on any atom is 0.220 e. The summed E-state index contributed by atoms with van der Waals surface area (Å²) in [5.74, 6) is 0.902. The Morgan fingerprint density at radius 2 is 2.09 bits per heavy atom. The number of hydrogen-bond acceptors (Lipinski definition) is 4. The third-order valence-corrected chi connectivity index (χ3v) is 5.53. The summed E-state index contributed by atoms with van der Waals surface area (Å²) < 4.78 is 0. The van der Waals surface area contributed by atoms with Gasteiger partial charge in [0.15, 0.2) is 0 Å². The molecule has 5 heteroatoms. The van der Waals surface area contributed by atoms with E-state index in [9.17, 15) is 4.79 Å². The van der Waals surface area contributed by atoms with E-state index in [1.54, 1.807) is 23.7 Å². The maximum absolute atomic E-state index is 12.1. The van der Waals surface area contributed by atoms with E-state index >= 15 is 0 Å². The molecule has 2 heterocycles. The second kappa shape index (κ2) is 7.68. The summed E-state index contributed by atoms with van der Waals surface area (Å²) in [4.78, 5) is 20.8. The van der Waals surface area contributed by atoms with Crippen LogP contribution in [0.5, 0.6) is 0 Å². The van der Waals surface area contributed by atoms with Crippen molar-refractivity contribution in [3.8, 4) is 11.3 Å². The van der Waals surface area contributed by atoms with Crippen molar-refractivity contribution in [1.82, 2.24) is 15.3 Å². The molecule has 4 nitrogen and oxygen atoms in total. The molecule has 1 atom stereocenters. The van der Waals surface area contributed by atoms with E-state index in [0.717, 1.165) is 28.6 Å². The van der Waals surface area contributed by atoms with Crippen molar-refractivity contribution >= 4 is 17.2 Å². The van der Waals surface area contributed by atoms with Crippen molar-refractivity contribution in [3.63, 3.8) is 0 Å². The average Bonchev–Trinajstić information content (AvgIpc) is 3.25. The van der Waals surface area contributed by atoms with Gasteiger partial charge in [0.25, 0.3) is 0 Å². The Hall–Kier alpha value is -1.75. The van der Waals surface area contributed by atoms with Crippen LogP contribution in [0.4, 0.5) is 0 Å². The zero-order valence-electron chi connectivity index (χ0n) is 13.5. The predicted octanol–water partition coefficient (Wildman–Crippen LogP) is 4.35. The van der Waals surface area contributed by atoms with E-state index in [0.29, 0.717) is 6.42 Å². The number of pyridine rings is 1. The Labute approximate surface area is 141 Å². The number of rotatable bonds is 6. The fourth-order valence-corrected chi connectivity index (χ4v) is 3.99. The highest BCUT2D eigenvalue weighted by atomic mass is 32.1. The lowest BCUT2D eigenvalue weighted by molar-refractivity contribution is -0.122. The van der Waals surface area contributed by atoms with Crippen LogP contribution in [-0.2, 0) is 4.79 Å². The minimum atomic E-state index is -0.0355. The molecule has 1 aliphatic rings. The summed E-state index contributed by atoms with van der Waals surface area (Å²) in [5, 5.41) is 6.07. The smallest absolute Gasteiger partial charge is 0.220 e. The summed E-state index contributed by atoms with van der Waals surface area (Å²) in [7, 11) is 0. The Morgan fingerprint density at radius 1 is 1.35 bits per heavy atom. The molecular weight excluding hydrogens is 306 g/mol. The summed E-state index contributed by atoms with van der Waals surface area (Å²) >= 11 is 1.59. The standard InChI is InChI=1S/C18H23N3OS/c1-13(20-17(22)7-6-14-4-2-3-5-14)18-21-16(12-23-18)15-8-10-19-11-9-15/h8-14H,2-7H2,1H3,(H,20,22).